The van der Waals surface area contributed by atoms with Crippen molar-refractivity contribution in [3.63, 3.8) is 0 Å². The first-order chi connectivity index (χ1) is 9.63. The zero-order chi connectivity index (χ0) is 14.5. The van der Waals surface area contributed by atoms with Crippen molar-refractivity contribution < 1.29 is 4.39 Å². The molecule has 1 saturated heterocycles. The molecule has 1 fully saturated rings. The maximum absolute atomic E-state index is 13.7. The normalized spacial score (nSPS) is 24.6. The fourth-order valence-corrected chi connectivity index (χ4v) is 3.68. The molecule has 20 heavy (non-hydrogen) atoms. The van der Waals surface area contributed by atoms with Crippen molar-refractivity contribution in [3.05, 3.63) is 34.1 Å². The maximum Gasteiger partial charge on any atom is 0.123 e. The van der Waals surface area contributed by atoms with Crippen LogP contribution >= 0.6 is 15.9 Å². The summed E-state index contributed by atoms with van der Waals surface area (Å²) in [6.45, 7) is 5.19. The molecule has 4 heteroatoms. The summed E-state index contributed by atoms with van der Waals surface area (Å²) in [4.78, 5) is 2.38. The first-order valence-electron chi connectivity index (χ1n) is 7.49. The third kappa shape index (κ3) is 3.80. The molecule has 1 aliphatic rings. The number of hydrogen-bond acceptors (Lipinski definition) is 2. The van der Waals surface area contributed by atoms with Gasteiger partial charge in [-0.25, -0.2) is 4.39 Å². The molecule has 0 aliphatic carbocycles. The second-order valence-electron chi connectivity index (χ2n) is 5.65. The maximum atomic E-state index is 13.7. The monoisotopic (exact) mass is 342 g/mol. The van der Waals surface area contributed by atoms with E-state index in [9.17, 15) is 4.39 Å². The smallest absolute Gasteiger partial charge is 0.123 e. The summed E-state index contributed by atoms with van der Waals surface area (Å²) in [6, 6.07) is 5.31. The molecular formula is C16H24BrFN2. The molecule has 1 N–H and O–H groups in total. The Balaban J connectivity index is 2.31. The van der Waals surface area contributed by atoms with Crippen LogP contribution in [-0.2, 0) is 0 Å². The van der Waals surface area contributed by atoms with Gasteiger partial charge in [0.1, 0.15) is 5.82 Å². The standard InChI is InChI=1S/C16H24BrFN2/c1-3-19-11-12-6-4-5-9-20(2)16(12)14-10-13(18)7-8-15(14)17/h7-8,10,12,16,19H,3-6,9,11H2,1-2H3. The summed E-state index contributed by atoms with van der Waals surface area (Å²) in [5, 5.41) is 3.46. The molecule has 0 radical (unpaired) electrons. The van der Waals surface area contributed by atoms with Gasteiger partial charge in [-0.2, -0.15) is 0 Å². The van der Waals surface area contributed by atoms with Crippen LogP contribution in [0.1, 0.15) is 37.8 Å². The molecule has 0 bridgehead atoms. The SMILES string of the molecule is CCNCC1CCCCN(C)C1c1cc(F)ccc1Br. The number of hydrogen-bond donors (Lipinski definition) is 1. The number of halogens is 2. The van der Waals surface area contributed by atoms with Crippen LogP contribution in [0.15, 0.2) is 22.7 Å². The van der Waals surface area contributed by atoms with Crippen LogP contribution in [-0.4, -0.2) is 31.6 Å². The van der Waals surface area contributed by atoms with E-state index in [0.29, 0.717) is 5.92 Å². The average molecular weight is 343 g/mol. The second-order valence-corrected chi connectivity index (χ2v) is 6.51. The number of rotatable bonds is 4. The molecule has 1 aromatic carbocycles. The zero-order valence-electron chi connectivity index (χ0n) is 12.3. The van der Waals surface area contributed by atoms with Crippen molar-refractivity contribution in [2.45, 2.75) is 32.2 Å². The van der Waals surface area contributed by atoms with E-state index in [1.165, 1.54) is 25.3 Å². The second kappa shape index (κ2) is 7.53. The average Bonchev–Trinajstić information content (AvgIpc) is 2.61. The molecule has 1 aromatic rings. The van der Waals surface area contributed by atoms with Crippen LogP contribution in [0.2, 0.25) is 0 Å². The molecule has 0 saturated carbocycles. The van der Waals surface area contributed by atoms with E-state index in [1.54, 1.807) is 6.07 Å². The molecular weight excluding hydrogens is 319 g/mol. The van der Waals surface area contributed by atoms with E-state index < -0.39 is 0 Å². The van der Waals surface area contributed by atoms with E-state index in [1.807, 2.05) is 6.07 Å². The number of likely N-dealkylation sites (tertiary alicyclic amines) is 1. The highest BCUT2D eigenvalue weighted by Crippen LogP contribution is 2.37. The predicted molar refractivity (Wildman–Crippen MR) is 85.4 cm³/mol. The zero-order valence-corrected chi connectivity index (χ0v) is 13.9. The van der Waals surface area contributed by atoms with Crippen molar-refractivity contribution in [1.82, 2.24) is 10.2 Å². The third-order valence-corrected chi connectivity index (χ3v) is 4.91. The molecule has 2 atom stereocenters. The van der Waals surface area contributed by atoms with Gasteiger partial charge in [-0.1, -0.05) is 29.3 Å². The van der Waals surface area contributed by atoms with Gasteiger partial charge < -0.3 is 5.32 Å². The van der Waals surface area contributed by atoms with Gasteiger partial charge in [0, 0.05) is 10.5 Å². The minimum absolute atomic E-state index is 0.150. The molecule has 0 spiro atoms. The summed E-state index contributed by atoms with van der Waals surface area (Å²) < 4.78 is 14.7. The fourth-order valence-electron chi connectivity index (χ4n) is 3.20. The van der Waals surface area contributed by atoms with Gasteiger partial charge in [-0.3, -0.25) is 4.90 Å². The van der Waals surface area contributed by atoms with E-state index in [0.717, 1.165) is 29.7 Å². The Labute approximate surface area is 129 Å². The first kappa shape index (κ1) is 15.9. The lowest BCUT2D eigenvalue weighted by molar-refractivity contribution is 0.188. The van der Waals surface area contributed by atoms with Gasteiger partial charge in [0.15, 0.2) is 0 Å². The van der Waals surface area contributed by atoms with Crippen molar-refractivity contribution in [2.75, 3.05) is 26.7 Å². The summed E-state index contributed by atoms with van der Waals surface area (Å²) in [6.07, 6.45) is 3.68. The van der Waals surface area contributed by atoms with E-state index in [4.69, 9.17) is 0 Å². The largest absolute Gasteiger partial charge is 0.317 e. The van der Waals surface area contributed by atoms with Crippen molar-refractivity contribution >= 4 is 15.9 Å². The molecule has 2 nitrogen and oxygen atoms in total. The minimum Gasteiger partial charge on any atom is -0.317 e. The number of nitrogens with one attached hydrogen (secondary N) is 1. The fraction of sp³-hybridized carbons (Fsp3) is 0.625. The summed E-state index contributed by atoms with van der Waals surface area (Å²) in [7, 11) is 2.16. The summed E-state index contributed by atoms with van der Waals surface area (Å²) >= 11 is 3.60. The highest BCUT2D eigenvalue weighted by Gasteiger charge is 2.30. The Morgan fingerprint density at radius 1 is 1.40 bits per heavy atom. The lowest BCUT2D eigenvalue weighted by Crippen LogP contribution is -2.35. The first-order valence-corrected chi connectivity index (χ1v) is 8.28. The molecule has 2 unspecified atom stereocenters. The Morgan fingerprint density at radius 3 is 2.95 bits per heavy atom. The van der Waals surface area contributed by atoms with E-state index >= 15 is 0 Å². The van der Waals surface area contributed by atoms with Gasteiger partial charge in [-0.15, -0.1) is 0 Å². The lowest BCUT2D eigenvalue weighted by atomic mass is 9.89. The van der Waals surface area contributed by atoms with E-state index in [-0.39, 0.29) is 11.9 Å². The van der Waals surface area contributed by atoms with Gasteiger partial charge in [-0.05, 0) is 69.2 Å². The van der Waals surface area contributed by atoms with Gasteiger partial charge >= 0.3 is 0 Å². The summed E-state index contributed by atoms with van der Waals surface area (Å²) in [5.74, 6) is 0.378. The Kier molecular flexibility index (Phi) is 6.00. The van der Waals surface area contributed by atoms with Gasteiger partial charge in [0.05, 0.1) is 0 Å². The number of nitrogens with zero attached hydrogens (tertiary/aromatic N) is 1. The Hall–Kier alpha value is -0.450. The molecule has 2 rings (SSSR count). The van der Waals surface area contributed by atoms with Crippen molar-refractivity contribution in [2.24, 2.45) is 5.92 Å². The van der Waals surface area contributed by atoms with E-state index in [2.05, 4.69) is 40.1 Å². The van der Waals surface area contributed by atoms with Crippen molar-refractivity contribution in [3.8, 4) is 0 Å². The quantitative estimate of drug-likeness (QED) is 0.890. The lowest BCUT2D eigenvalue weighted by Gasteiger charge is -2.33. The molecule has 112 valence electrons. The van der Waals surface area contributed by atoms with Crippen LogP contribution in [0.4, 0.5) is 4.39 Å². The predicted octanol–water partition coefficient (Wildman–Crippen LogP) is 3.97. The molecule has 1 aliphatic heterocycles. The van der Waals surface area contributed by atoms with Gasteiger partial charge in [0.2, 0.25) is 0 Å². The topological polar surface area (TPSA) is 15.3 Å². The highest BCUT2D eigenvalue weighted by atomic mass is 79.9. The molecule has 0 amide bonds. The van der Waals surface area contributed by atoms with Crippen LogP contribution in [0.3, 0.4) is 0 Å². The summed E-state index contributed by atoms with van der Waals surface area (Å²) in [5.41, 5.74) is 1.08. The minimum atomic E-state index is -0.150. The third-order valence-electron chi connectivity index (χ3n) is 4.19. The molecule has 1 heterocycles. The van der Waals surface area contributed by atoms with Crippen LogP contribution in [0.5, 0.6) is 0 Å². The molecule has 0 aromatic heterocycles. The van der Waals surface area contributed by atoms with Crippen LogP contribution in [0, 0.1) is 11.7 Å². The van der Waals surface area contributed by atoms with Crippen LogP contribution < -0.4 is 5.32 Å². The van der Waals surface area contributed by atoms with Gasteiger partial charge in [0.25, 0.3) is 0 Å². The Morgan fingerprint density at radius 2 is 2.20 bits per heavy atom. The number of benzene rings is 1. The Bertz CT molecular complexity index is 438. The van der Waals surface area contributed by atoms with Crippen LogP contribution in [0.25, 0.3) is 0 Å². The van der Waals surface area contributed by atoms with Crippen molar-refractivity contribution in [1.29, 1.82) is 0 Å². The highest BCUT2D eigenvalue weighted by molar-refractivity contribution is 9.10.